The maximum atomic E-state index is 13.5. The number of piperidine rings is 1. The van der Waals surface area contributed by atoms with E-state index in [4.69, 9.17) is 0 Å². The van der Waals surface area contributed by atoms with Gasteiger partial charge in [0.05, 0.1) is 0 Å². The monoisotopic (exact) mass is 320 g/mol. The minimum atomic E-state index is -0.247. The van der Waals surface area contributed by atoms with Gasteiger partial charge in [0.2, 0.25) is 5.91 Å². The smallest absolute Gasteiger partial charge is 0.225 e. The van der Waals surface area contributed by atoms with Gasteiger partial charge in [-0.3, -0.25) is 4.79 Å². The number of hydrogen-bond acceptors (Lipinski definition) is 4. The fraction of sp³-hybridized carbons (Fsp3) is 0.647. The molecule has 5 nitrogen and oxygen atoms in total. The molecular formula is C17H25FN4O. The lowest BCUT2D eigenvalue weighted by molar-refractivity contribution is -0.137. The maximum Gasteiger partial charge on any atom is 0.225 e. The number of rotatable bonds is 2. The Balaban J connectivity index is 1.56. The number of carbonyl (C=O) groups is 1. The van der Waals surface area contributed by atoms with Gasteiger partial charge in [-0.05, 0) is 32.9 Å². The lowest BCUT2D eigenvalue weighted by Crippen LogP contribution is -2.50. The van der Waals surface area contributed by atoms with E-state index >= 15 is 0 Å². The summed E-state index contributed by atoms with van der Waals surface area (Å²) in [6.45, 7) is 6.91. The molecule has 0 unspecified atom stereocenters. The third-order valence-corrected chi connectivity index (χ3v) is 4.89. The lowest BCUT2D eigenvalue weighted by atomic mass is 9.95. The molecule has 0 radical (unpaired) electrons. The summed E-state index contributed by atoms with van der Waals surface area (Å²) in [6.07, 6.45) is 1.64. The highest BCUT2D eigenvalue weighted by Crippen LogP contribution is 2.24. The van der Waals surface area contributed by atoms with Crippen LogP contribution in [0, 0.1) is 18.7 Å². The molecule has 0 spiro atoms. The van der Waals surface area contributed by atoms with Gasteiger partial charge in [-0.2, -0.15) is 0 Å². The van der Waals surface area contributed by atoms with Gasteiger partial charge in [-0.25, -0.2) is 9.37 Å². The molecule has 0 aromatic carbocycles. The number of likely N-dealkylation sites (N-methyl/N-ethyl adjacent to an activating group) is 1. The van der Waals surface area contributed by atoms with Gasteiger partial charge in [0.25, 0.3) is 0 Å². The van der Waals surface area contributed by atoms with Crippen molar-refractivity contribution in [2.45, 2.75) is 19.8 Å². The molecule has 1 aromatic heterocycles. The molecule has 0 bridgehead atoms. The van der Waals surface area contributed by atoms with E-state index < -0.39 is 0 Å². The third kappa shape index (κ3) is 3.80. The molecule has 23 heavy (non-hydrogen) atoms. The van der Waals surface area contributed by atoms with Gasteiger partial charge >= 0.3 is 0 Å². The van der Waals surface area contributed by atoms with Gasteiger partial charge < -0.3 is 14.7 Å². The molecular weight excluding hydrogens is 295 g/mol. The second kappa shape index (κ2) is 6.83. The van der Waals surface area contributed by atoms with Gasteiger partial charge in [0, 0.05) is 56.9 Å². The lowest BCUT2D eigenvalue weighted by Gasteiger charge is -2.37. The normalized spacial score (nSPS) is 20.8. The van der Waals surface area contributed by atoms with Crippen LogP contribution in [0.25, 0.3) is 0 Å². The summed E-state index contributed by atoms with van der Waals surface area (Å²) >= 11 is 0. The van der Waals surface area contributed by atoms with Crippen molar-refractivity contribution in [1.82, 2.24) is 14.8 Å². The number of piperazine rings is 1. The molecule has 1 amide bonds. The molecule has 0 saturated carbocycles. The average Bonchev–Trinajstić information content (AvgIpc) is 2.54. The van der Waals surface area contributed by atoms with Crippen molar-refractivity contribution in [2.75, 3.05) is 51.2 Å². The standard InChI is InChI=1S/C17H25FN4O/c1-13-11-15(18)12-16(19-13)21-5-3-14(4-6-21)17(23)22-9-7-20(2)8-10-22/h11-12,14H,3-10H2,1-2H3. The van der Waals surface area contributed by atoms with Crippen molar-refractivity contribution in [2.24, 2.45) is 5.92 Å². The summed E-state index contributed by atoms with van der Waals surface area (Å²) in [5.74, 6) is 0.835. The van der Waals surface area contributed by atoms with E-state index in [1.165, 1.54) is 12.1 Å². The predicted molar refractivity (Wildman–Crippen MR) is 87.9 cm³/mol. The second-order valence-corrected chi connectivity index (χ2v) is 6.67. The van der Waals surface area contributed by atoms with Crippen LogP contribution in [0.3, 0.4) is 0 Å². The van der Waals surface area contributed by atoms with Crippen LogP contribution < -0.4 is 4.90 Å². The predicted octanol–water partition coefficient (Wildman–Crippen LogP) is 1.52. The van der Waals surface area contributed by atoms with Gasteiger partial charge in [-0.15, -0.1) is 0 Å². The Morgan fingerprint density at radius 1 is 1.13 bits per heavy atom. The van der Waals surface area contributed by atoms with Gasteiger partial charge in [0.15, 0.2) is 0 Å². The summed E-state index contributed by atoms with van der Waals surface area (Å²) in [5.41, 5.74) is 0.690. The highest BCUT2D eigenvalue weighted by Gasteiger charge is 2.30. The first-order valence-corrected chi connectivity index (χ1v) is 8.39. The minimum absolute atomic E-state index is 0.101. The number of amides is 1. The van der Waals surface area contributed by atoms with Crippen molar-refractivity contribution in [3.63, 3.8) is 0 Å². The number of halogens is 1. The van der Waals surface area contributed by atoms with E-state index in [9.17, 15) is 9.18 Å². The number of aryl methyl sites for hydroxylation is 1. The number of pyridine rings is 1. The van der Waals surface area contributed by atoms with E-state index in [1.807, 2.05) is 4.90 Å². The average molecular weight is 320 g/mol. The summed E-state index contributed by atoms with van der Waals surface area (Å²) in [4.78, 5) is 23.4. The molecule has 0 atom stereocenters. The van der Waals surface area contributed by atoms with Crippen LogP contribution in [0.1, 0.15) is 18.5 Å². The molecule has 2 aliphatic heterocycles. The van der Waals surface area contributed by atoms with Crippen LogP contribution in [0.2, 0.25) is 0 Å². The van der Waals surface area contributed by atoms with Crippen molar-refractivity contribution >= 4 is 11.7 Å². The van der Waals surface area contributed by atoms with Crippen molar-refractivity contribution < 1.29 is 9.18 Å². The fourth-order valence-electron chi connectivity index (χ4n) is 3.41. The van der Waals surface area contributed by atoms with E-state index in [2.05, 4.69) is 21.8 Å². The Morgan fingerprint density at radius 2 is 1.78 bits per heavy atom. The summed E-state index contributed by atoms with van der Waals surface area (Å²) in [7, 11) is 2.09. The highest BCUT2D eigenvalue weighted by molar-refractivity contribution is 5.79. The zero-order chi connectivity index (χ0) is 16.4. The van der Waals surface area contributed by atoms with E-state index in [0.29, 0.717) is 17.4 Å². The number of aromatic nitrogens is 1. The van der Waals surface area contributed by atoms with Crippen molar-refractivity contribution in [3.05, 3.63) is 23.6 Å². The Hall–Kier alpha value is -1.69. The van der Waals surface area contributed by atoms with Crippen LogP contribution in [0.15, 0.2) is 12.1 Å². The molecule has 6 heteroatoms. The first kappa shape index (κ1) is 16.2. The molecule has 2 aliphatic rings. The first-order chi connectivity index (χ1) is 11.0. The van der Waals surface area contributed by atoms with Crippen molar-refractivity contribution in [3.8, 4) is 0 Å². The molecule has 3 heterocycles. The van der Waals surface area contributed by atoms with Crippen LogP contribution in [0.4, 0.5) is 10.2 Å². The summed E-state index contributed by atoms with van der Waals surface area (Å²) in [5, 5.41) is 0. The second-order valence-electron chi connectivity index (χ2n) is 6.67. The topological polar surface area (TPSA) is 39.7 Å². The molecule has 0 N–H and O–H groups in total. The number of anilines is 1. The van der Waals surface area contributed by atoms with Gasteiger partial charge in [0.1, 0.15) is 11.6 Å². The van der Waals surface area contributed by atoms with Crippen LogP contribution in [0.5, 0.6) is 0 Å². The molecule has 2 fully saturated rings. The number of carbonyl (C=O) groups excluding carboxylic acids is 1. The van der Waals surface area contributed by atoms with E-state index in [-0.39, 0.29) is 11.7 Å². The Labute approximate surface area is 137 Å². The molecule has 1 aromatic rings. The Kier molecular flexibility index (Phi) is 4.80. The fourth-order valence-corrected chi connectivity index (χ4v) is 3.41. The largest absolute Gasteiger partial charge is 0.356 e. The SMILES string of the molecule is Cc1cc(F)cc(N2CCC(C(=O)N3CCN(C)CC3)CC2)n1. The Bertz CT molecular complexity index is 543. The zero-order valence-corrected chi connectivity index (χ0v) is 14.0. The quantitative estimate of drug-likeness (QED) is 0.828. The molecule has 126 valence electrons. The number of nitrogens with zero attached hydrogens (tertiary/aromatic N) is 4. The van der Waals surface area contributed by atoms with E-state index in [1.54, 1.807) is 6.92 Å². The third-order valence-electron chi connectivity index (χ3n) is 4.89. The van der Waals surface area contributed by atoms with Gasteiger partial charge in [-0.1, -0.05) is 0 Å². The first-order valence-electron chi connectivity index (χ1n) is 8.39. The highest BCUT2D eigenvalue weighted by atomic mass is 19.1. The van der Waals surface area contributed by atoms with E-state index in [0.717, 1.165) is 52.1 Å². The van der Waals surface area contributed by atoms with Crippen LogP contribution >= 0.6 is 0 Å². The minimum Gasteiger partial charge on any atom is -0.356 e. The number of hydrogen-bond donors (Lipinski definition) is 0. The van der Waals surface area contributed by atoms with Crippen molar-refractivity contribution in [1.29, 1.82) is 0 Å². The summed E-state index contributed by atoms with van der Waals surface area (Å²) in [6, 6.07) is 2.92. The Morgan fingerprint density at radius 3 is 2.39 bits per heavy atom. The van der Waals surface area contributed by atoms with Crippen LogP contribution in [-0.2, 0) is 4.79 Å². The molecule has 3 rings (SSSR count). The zero-order valence-electron chi connectivity index (χ0n) is 14.0. The molecule has 0 aliphatic carbocycles. The molecule has 2 saturated heterocycles. The maximum absolute atomic E-state index is 13.5. The summed E-state index contributed by atoms with van der Waals surface area (Å²) < 4.78 is 13.5. The van der Waals surface area contributed by atoms with Crippen LogP contribution in [-0.4, -0.2) is 67.0 Å².